The predicted octanol–water partition coefficient (Wildman–Crippen LogP) is 3.65. The van der Waals surface area contributed by atoms with E-state index in [1.165, 1.54) is 6.42 Å². The van der Waals surface area contributed by atoms with Crippen molar-refractivity contribution in [1.82, 2.24) is 4.90 Å². The largest absolute Gasteiger partial charge is 0.326 e. The van der Waals surface area contributed by atoms with Crippen molar-refractivity contribution in [3.05, 3.63) is 29.3 Å². The van der Waals surface area contributed by atoms with Gasteiger partial charge in [0.1, 0.15) is 0 Å². The van der Waals surface area contributed by atoms with Crippen LogP contribution < -0.4 is 5.32 Å². The molecular weight excluding hydrogens is 272 g/mol. The fourth-order valence-corrected chi connectivity index (χ4v) is 3.21. The molecule has 0 saturated carbocycles. The zero-order chi connectivity index (χ0) is 14.5. The molecule has 1 N–H and O–H groups in total. The summed E-state index contributed by atoms with van der Waals surface area (Å²) >= 11 is 5.90. The summed E-state index contributed by atoms with van der Waals surface area (Å²) in [5.41, 5.74) is 0.767. The third-order valence-corrected chi connectivity index (χ3v) is 3.94. The van der Waals surface area contributed by atoms with Crippen molar-refractivity contribution in [2.75, 3.05) is 25.0 Å². The Hall–Kier alpha value is -1.06. The molecule has 20 heavy (non-hydrogen) atoms. The number of piperidine rings is 1. The highest BCUT2D eigenvalue weighted by molar-refractivity contribution is 6.30. The lowest BCUT2D eigenvalue weighted by Gasteiger charge is -2.34. The van der Waals surface area contributed by atoms with E-state index in [0.29, 0.717) is 11.4 Å². The first-order valence-electron chi connectivity index (χ1n) is 7.30. The van der Waals surface area contributed by atoms with Crippen LogP contribution >= 0.6 is 11.6 Å². The molecule has 110 valence electrons. The van der Waals surface area contributed by atoms with Gasteiger partial charge in [-0.15, -0.1) is 0 Å². The summed E-state index contributed by atoms with van der Waals surface area (Å²) in [4.78, 5) is 14.3. The van der Waals surface area contributed by atoms with Gasteiger partial charge in [-0.3, -0.25) is 4.79 Å². The summed E-state index contributed by atoms with van der Waals surface area (Å²) in [5, 5.41) is 3.53. The Bertz CT molecular complexity index is 454. The van der Waals surface area contributed by atoms with E-state index in [2.05, 4.69) is 24.1 Å². The Labute approximate surface area is 126 Å². The Kier molecular flexibility index (Phi) is 5.44. The molecule has 4 heteroatoms. The summed E-state index contributed by atoms with van der Waals surface area (Å²) in [6, 6.07) is 7.26. The molecule has 1 fully saturated rings. The van der Waals surface area contributed by atoms with Gasteiger partial charge in [0.05, 0.1) is 0 Å². The van der Waals surface area contributed by atoms with Crippen LogP contribution in [0.2, 0.25) is 5.02 Å². The molecule has 1 heterocycles. The maximum Gasteiger partial charge on any atom is 0.225 e. The molecule has 1 aromatic rings. The van der Waals surface area contributed by atoms with Crippen LogP contribution in [0.25, 0.3) is 0 Å². The third kappa shape index (κ3) is 4.80. The molecule has 2 atom stereocenters. The lowest BCUT2D eigenvalue weighted by molar-refractivity contribution is -0.116. The highest BCUT2D eigenvalue weighted by Gasteiger charge is 2.21. The fourth-order valence-electron chi connectivity index (χ4n) is 3.02. The van der Waals surface area contributed by atoms with E-state index >= 15 is 0 Å². The zero-order valence-electron chi connectivity index (χ0n) is 12.2. The molecule has 1 saturated heterocycles. The number of amides is 1. The van der Waals surface area contributed by atoms with E-state index in [9.17, 15) is 4.79 Å². The van der Waals surface area contributed by atoms with Gasteiger partial charge >= 0.3 is 0 Å². The van der Waals surface area contributed by atoms with Crippen molar-refractivity contribution in [2.45, 2.75) is 26.7 Å². The molecule has 1 amide bonds. The first-order chi connectivity index (χ1) is 9.52. The lowest BCUT2D eigenvalue weighted by atomic mass is 9.92. The first kappa shape index (κ1) is 15.3. The molecule has 0 bridgehead atoms. The average Bonchev–Trinajstić information content (AvgIpc) is 2.35. The van der Waals surface area contributed by atoms with Gasteiger partial charge in [0.25, 0.3) is 0 Å². The maximum absolute atomic E-state index is 11.9. The minimum Gasteiger partial charge on any atom is -0.326 e. The van der Waals surface area contributed by atoms with Gasteiger partial charge in [0.2, 0.25) is 5.91 Å². The molecule has 2 rings (SSSR count). The Morgan fingerprint density at radius 1 is 1.35 bits per heavy atom. The van der Waals surface area contributed by atoms with E-state index in [1.807, 2.05) is 12.1 Å². The molecule has 1 aromatic carbocycles. The molecule has 0 radical (unpaired) electrons. The van der Waals surface area contributed by atoms with Crippen LogP contribution in [-0.4, -0.2) is 30.4 Å². The Balaban J connectivity index is 1.77. The fraction of sp³-hybridized carbons (Fsp3) is 0.562. The van der Waals surface area contributed by atoms with Crippen molar-refractivity contribution in [3.8, 4) is 0 Å². The van der Waals surface area contributed by atoms with Gasteiger partial charge in [0, 0.05) is 36.8 Å². The standard InChI is InChI=1S/C16H23ClN2O/c1-12-8-13(2)11-19(10-12)7-6-16(20)18-15-5-3-4-14(17)9-15/h3-5,9,12-13H,6-8,10-11H2,1-2H3,(H,18,20)/t12-,13-/m1/s1. The minimum atomic E-state index is 0.0538. The molecular formula is C16H23ClN2O. The second-order valence-electron chi connectivity index (χ2n) is 6.01. The lowest BCUT2D eigenvalue weighted by Crippen LogP contribution is -2.40. The van der Waals surface area contributed by atoms with E-state index in [4.69, 9.17) is 11.6 Å². The van der Waals surface area contributed by atoms with Crippen molar-refractivity contribution in [1.29, 1.82) is 0 Å². The second kappa shape index (κ2) is 7.09. The number of carbonyl (C=O) groups is 1. The maximum atomic E-state index is 11.9. The smallest absolute Gasteiger partial charge is 0.225 e. The van der Waals surface area contributed by atoms with Crippen LogP contribution in [0.5, 0.6) is 0 Å². The number of likely N-dealkylation sites (tertiary alicyclic amines) is 1. The van der Waals surface area contributed by atoms with Crippen LogP contribution in [0.1, 0.15) is 26.7 Å². The topological polar surface area (TPSA) is 32.3 Å². The van der Waals surface area contributed by atoms with Gasteiger partial charge in [-0.2, -0.15) is 0 Å². The van der Waals surface area contributed by atoms with Crippen LogP contribution in [-0.2, 0) is 4.79 Å². The van der Waals surface area contributed by atoms with Crippen molar-refractivity contribution in [2.24, 2.45) is 11.8 Å². The number of hydrogen-bond acceptors (Lipinski definition) is 2. The summed E-state index contributed by atoms with van der Waals surface area (Å²) in [6.45, 7) is 7.62. The SMILES string of the molecule is C[C@@H]1C[C@@H](C)CN(CCC(=O)Nc2cccc(Cl)c2)C1. The van der Waals surface area contributed by atoms with Gasteiger partial charge in [0.15, 0.2) is 0 Å². The van der Waals surface area contributed by atoms with Gasteiger partial charge in [-0.1, -0.05) is 31.5 Å². The molecule has 3 nitrogen and oxygen atoms in total. The number of rotatable bonds is 4. The molecule has 0 aromatic heterocycles. The van der Waals surface area contributed by atoms with E-state index in [0.717, 1.165) is 37.2 Å². The summed E-state index contributed by atoms with van der Waals surface area (Å²) in [7, 11) is 0. The number of carbonyl (C=O) groups excluding carboxylic acids is 1. The van der Waals surface area contributed by atoms with Crippen molar-refractivity contribution in [3.63, 3.8) is 0 Å². The predicted molar refractivity (Wildman–Crippen MR) is 84.1 cm³/mol. The molecule has 1 aliphatic heterocycles. The van der Waals surface area contributed by atoms with Crippen molar-refractivity contribution >= 4 is 23.2 Å². The quantitative estimate of drug-likeness (QED) is 0.919. The molecule has 0 aliphatic carbocycles. The van der Waals surface area contributed by atoms with Crippen LogP contribution in [0.15, 0.2) is 24.3 Å². The highest BCUT2D eigenvalue weighted by atomic mass is 35.5. The van der Waals surface area contributed by atoms with Gasteiger partial charge in [-0.05, 0) is 36.5 Å². The minimum absolute atomic E-state index is 0.0538. The summed E-state index contributed by atoms with van der Waals surface area (Å²) < 4.78 is 0. The number of hydrogen-bond donors (Lipinski definition) is 1. The molecule has 0 unspecified atom stereocenters. The summed E-state index contributed by atoms with van der Waals surface area (Å²) in [5.74, 6) is 1.52. The first-order valence-corrected chi connectivity index (χ1v) is 7.68. The average molecular weight is 295 g/mol. The number of nitrogens with one attached hydrogen (secondary N) is 1. The number of anilines is 1. The summed E-state index contributed by atoms with van der Waals surface area (Å²) in [6.07, 6.45) is 1.83. The van der Waals surface area contributed by atoms with Crippen molar-refractivity contribution < 1.29 is 4.79 Å². The monoisotopic (exact) mass is 294 g/mol. The number of nitrogens with zero attached hydrogens (tertiary/aromatic N) is 1. The van der Waals surface area contributed by atoms with Gasteiger partial charge in [-0.25, -0.2) is 0 Å². The van der Waals surface area contributed by atoms with Gasteiger partial charge < -0.3 is 10.2 Å². The second-order valence-corrected chi connectivity index (χ2v) is 6.45. The number of halogens is 1. The van der Waals surface area contributed by atoms with Crippen LogP contribution in [0.3, 0.4) is 0 Å². The Morgan fingerprint density at radius 3 is 2.70 bits per heavy atom. The van der Waals surface area contributed by atoms with E-state index in [-0.39, 0.29) is 5.91 Å². The van der Waals surface area contributed by atoms with E-state index in [1.54, 1.807) is 12.1 Å². The van der Waals surface area contributed by atoms with Crippen LogP contribution in [0, 0.1) is 11.8 Å². The van der Waals surface area contributed by atoms with E-state index < -0.39 is 0 Å². The molecule has 1 aliphatic rings. The number of benzene rings is 1. The highest BCUT2D eigenvalue weighted by Crippen LogP contribution is 2.21. The van der Waals surface area contributed by atoms with Crippen LogP contribution in [0.4, 0.5) is 5.69 Å². The normalized spacial score (nSPS) is 23.6. The molecule has 0 spiro atoms. The third-order valence-electron chi connectivity index (χ3n) is 3.71. The zero-order valence-corrected chi connectivity index (χ0v) is 13.0. The Morgan fingerprint density at radius 2 is 2.05 bits per heavy atom.